The van der Waals surface area contributed by atoms with Crippen LogP contribution in [-0.4, -0.2) is 12.8 Å². The Hall–Kier alpha value is -2.03. The Morgan fingerprint density at radius 3 is 2.76 bits per heavy atom. The van der Waals surface area contributed by atoms with Gasteiger partial charge in [0, 0.05) is 23.9 Å². The Labute approximate surface area is 127 Å². The molecule has 1 aromatic carbocycles. The van der Waals surface area contributed by atoms with Crippen molar-refractivity contribution < 1.29 is 0 Å². The highest BCUT2D eigenvalue weighted by Crippen LogP contribution is 2.29. The highest BCUT2D eigenvalue weighted by Gasteiger charge is 2.21. The first-order chi connectivity index (χ1) is 10.0. The van der Waals surface area contributed by atoms with Crippen LogP contribution in [0, 0.1) is 12.8 Å². The first-order valence-electron chi connectivity index (χ1n) is 7.52. The standard InChI is InChI=1S/C18H25N3/c1-12-9-10-16(18(19)20-4)17(11-12)21-14(3)15-8-6-5-7-13(15)2/h5-8,12,20H,3,9-11,19H2,1-2,4H3/b18-16+,21-17-. The summed E-state index contributed by atoms with van der Waals surface area (Å²) < 4.78 is 0. The molecule has 1 aromatic rings. The van der Waals surface area contributed by atoms with Crippen LogP contribution in [0.3, 0.4) is 0 Å². The molecule has 3 N–H and O–H groups in total. The molecule has 0 saturated heterocycles. The monoisotopic (exact) mass is 283 g/mol. The van der Waals surface area contributed by atoms with Gasteiger partial charge >= 0.3 is 0 Å². The van der Waals surface area contributed by atoms with E-state index in [1.165, 1.54) is 5.56 Å². The van der Waals surface area contributed by atoms with E-state index in [2.05, 4.69) is 37.9 Å². The van der Waals surface area contributed by atoms with Crippen molar-refractivity contribution in [1.82, 2.24) is 5.32 Å². The van der Waals surface area contributed by atoms with Crippen LogP contribution < -0.4 is 11.1 Å². The van der Waals surface area contributed by atoms with Gasteiger partial charge in [0.15, 0.2) is 0 Å². The zero-order valence-electron chi connectivity index (χ0n) is 13.2. The average molecular weight is 283 g/mol. The molecule has 0 amide bonds. The summed E-state index contributed by atoms with van der Waals surface area (Å²) in [7, 11) is 1.86. The molecule has 1 fully saturated rings. The molecule has 0 radical (unpaired) electrons. The summed E-state index contributed by atoms with van der Waals surface area (Å²) in [6, 6.07) is 8.21. The minimum absolute atomic E-state index is 0.641. The lowest BCUT2D eigenvalue weighted by atomic mass is 9.85. The number of hydrogen-bond donors (Lipinski definition) is 2. The van der Waals surface area contributed by atoms with Gasteiger partial charge in [-0.3, -0.25) is 4.99 Å². The summed E-state index contributed by atoms with van der Waals surface area (Å²) in [6.45, 7) is 8.50. The molecule has 3 heteroatoms. The van der Waals surface area contributed by atoms with Gasteiger partial charge in [-0.25, -0.2) is 0 Å². The fourth-order valence-electron chi connectivity index (χ4n) is 2.76. The SMILES string of the molecule is C=C(/N=C1/CC(C)CC/C1=C(/N)NC)c1ccccc1C. The fourth-order valence-corrected chi connectivity index (χ4v) is 2.76. The number of nitrogens with one attached hydrogen (secondary N) is 1. The molecule has 0 spiro atoms. The Balaban J connectivity index is 2.36. The maximum absolute atomic E-state index is 6.09. The van der Waals surface area contributed by atoms with Crippen LogP contribution in [0.5, 0.6) is 0 Å². The minimum atomic E-state index is 0.641. The molecule has 1 aliphatic rings. The van der Waals surface area contributed by atoms with Gasteiger partial charge in [-0.2, -0.15) is 0 Å². The molecule has 1 unspecified atom stereocenters. The number of allylic oxidation sites excluding steroid dienone is 1. The minimum Gasteiger partial charge on any atom is -0.385 e. The van der Waals surface area contributed by atoms with Crippen molar-refractivity contribution in [2.45, 2.75) is 33.1 Å². The van der Waals surface area contributed by atoms with Crippen LogP contribution in [0.15, 0.2) is 47.2 Å². The van der Waals surface area contributed by atoms with E-state index < -0.39 is 0 Å². The van der Waals surface area contributed by atoms with Gasteiger partial charge in [0.05, 0.1) is 5.70 Å². The third-order valence-corrected chi connectivity index (χ3v) is 4.10. The van der Waals surface area contributed by atoms with Gasteiger partial charge in [0.2, 0.25) is 0 Å². The van der Waals surface area contributed by atoms with Crippen molar-refractivity contribution >= 4 is 11.4 Å². The van der Waals surface area contributed by atoms with Crippen molar-refractivity contribution in [3.63, 3.8) is 0 Å². The van der Waals surface area contributed by atoms with Crippen molar-refractivity contribution in [3.8, 4) is 0 Å². The molecule has 1 aliphatic carbocycles. The summed E-state index contributed by atoms with van der Waals surface area (Å²) in [5, 5.41) is 3.05. The molecule has 0 heterocycles. The number of nitrogens with two attached hydrogens (primary N) is 1. The second kappa shape index (κ2) is 6.61. The van der Waals surface area contributed by atoms with Crippen molar-refractivity contribution in [3.05, 3.63) is 53.4 Å². The Kier molecular flexibility index (Phi) is 4.84. The summed E-state index contributed by atoms with van der Waals surface area (Å²) in [6.07, 6.45) is 3.10. The van der Waals surface area contributed by atoms with E-state index in [0.717, 1.165) is 47.6 Å². The third kappa shape index (κ3) is 3.54. The maximum atomic E-state index is 6.09. The molecule has 112 valence electrons. The quantitative estimate of drug-likeness (QED) is 0.890. The molecule has 0 bridgehead atoms. The first-order valence-corrected chi connectivity index (χ1v) is 7.52. The lowest BCUT2D eigenvalue weighted by Gasteiger charge is -2.24. The largest absolute Gasteiger partial charge is 0.385 e. The van der Waals surface area contributed by atoms with E-state index >= 15 is 0 Å². The predicted octanol–water partition coefficient (Wildman–Crippen LogP) is 3.62. The molecule has 2 rings (SSSR count). The summed E-state index contributed by atoms with van der Waals surface area (Å²) in [5.41, 5.74) is 11.4. The zero-order valence-corrected chi connectivity index (χ0v) is 13.2. The van der Waals surface area contributed by atoms with E-state index in [1.54, 1.807) is 0 Å². The van der Waals surface area contributed by atoms with E-state index in [0.29, 0.717) is 5.92 Å². The van der Waals surface area contributed by atoms with Crippen LogP contribution in [0.4, 0.5) is 0 Å². The van der Waals surface area contributed by atoms with Crippen LogP contribution in [0.1, 0.15) is 37.3 Å². The lowest BCUT2D eigenvalue weighted by molar-refractivity contribution is 0.531. The summed E-state index contributed by atoms with van der Waals surface area (Å²) in [5.74, 6) is 1.38. The Morgan fingerprint density at radius 2 is 2.10 bits per heavy atom. The molecule has 0 aliphatic heterocycles. The van der Waals surface area contributed by atoms with E-state index in [4.69, 9.17) is 10.7 Å². The molecule has 0 aromatic heterocycles. The van der Waals surface area contributed by atoms with Gasteiger partial charge in [-0.05, 0) is 37.7 Å². The molecular formula is C18H25N3. The fraction of sp³-hybridized carbons (Fsp3) is 0.389. The second-order valence-electron chi connectivity index (χ2n) is 5.81. The maximum Gasteiger partial charge on any atom is 0.101 e. The Bertz CT molecular complexity index is 596. The average Bonchev–Trinajstić information content (AvgIpc) is 2.47. The first kappa shape index (κ1) is 15.4. The molecule has 3 nitrogen and oxygen atoms in total. The summed E-state index contributed by atoms with van der Waals surface area (Å²) >= 11 is 0. The van der Waals surface area contributed by atoms with Gasteiger partial charge < -0.3 is 11.1 Å². The molecule has 1 atom stereocenters. The predicted molar refractivity (Wildman–Crippen MR) is 90.9 cm³/mol. The summed E-state index contributed by atoms with van der Waals surface area (Å²) in [4.78, 5) is 4.81. The number of nitrogens with zero attached hydrogens (tertiary/aromatic N) is 1. The normalized spacial score (nSPS) is 23.0. The third-order valence-electron chi connectivity index (χ3n) is 4.10. The number of rotatable bonds is 3. The van der Waals surface area contributed by atoms with Crippen molar-refractivity contribution in [2.75, 3.05) is 7.05 Å². The van der Waals surface area contributed by atoms with E-state index in [9.17, 15) is 0 Å². The topological polar surface area (TPSA) is 50.4 Å². The van der Waals surface area contributed by atoms with Crippen LogP contribution >= 0.6 is 0 Å². The van der Waals surface area contributed by atoms with Crippen LogP contribution in [0.2, 0.25) is 0 Å². The number of aliphatic imine (C=N–C) groups is 1. The highest BCUT2D eigenvalue weighted by atomic mass is 15.0. The van der Waals surface area contributed by atoms with Gasteiger partial charge in [0.1, 0.15) is 5.82 Å². The van der Waals surface area contributed by atoms with Crippen LogP contribution in [0.25, 0.3) is 5.70 Å². The van der Waals surface area contributed by atoms with Gasteiger partial charge in [0.25, 0.3) is 0 Å². The van der Waals surface area contributed by atoms with Gasteiger partial charge in [-0.1, -0.05) is 37.8 Å². The smallest absolute Gasteiger partial charge is 0.101 e. The number of benzene rings is 1. The lowest BCUT2D eigenvalue weighted by Crippen LogP contribution is -2.25. The van der Waals surface area contributed by atoms with Crippen molar-refractivity contribution in [1.29, 1.82) is 0 Å². The van der Waals surface area contributed by atoms with Gasteiger partial charge in [-0.15, -0.1) is 0 Å². The second-order valence-corrected chi connectivity index (χ2v) is 5.81. The highest BCUT2D eigenvalue weighted by molar-refractivity contribution is 6.04. The van der Waals surface area contributed by atoms with Crippen molar-refractivity contribution in [2.24, 2.45) is 16.6 Å². The zero-order chi connectivity index (χ0) is 15.4. The molecule has 1 saturated carbocycles. The van der Waals surface area contributed by atoms with E-state index in [-0.39, 0.29) is 0 Å². The number of aryl methyl sites for hydroxylation is 1. The molecule has 21 heavy (non-hydrogen) atoms. The van der Waals surface area contributed by atoms with E-state index in [1.807, 2.05) is 19.2 Å². The number of hydrogen-bond acceptors (Lipinski definition) is 3. The van der Waals surface area contributed by atoms with Crippen LogP contribution in [-0.2, 0) is 0 Å². The molecular weight excluding hydrogens is 258 g/mol. The Morgan fingerprint density at radius 1 is 1.38 bits per heavy atom.